The molecule has 2 aromatic rings. The molecule has 0 fully saturated rings. The largest absolute Gasteiger partial charge is 0.266 e. The van der Waals surface area contributed by atoms with Crippen molar-refractivity contribution in [2.75, 3.05) is 0 Å². The van der Waals surface area contributed by atoms with Gasteiger partial charge in [-0.3, -0.25) is 4.68 Å². The van der Waals surface area contributed by atoms with Crippen LogP contribution < -0.4 is 0 Å². The fourth-order valence-electron chi connectivity index (χ4n) is 3.12. The van der Waals surface area contributed by atoms with Gasteiger partial charge in [0, 0.05) is 38.4 Å². The number of aryl methyl sites for hydroxylation is 3. The first-order chi connectivity index (χ1) is 9.25. The molecule has 0 amide bonds. The van der Waals surface area contributed by atoms with E-state index in [1.807, 2.05) is 0 Å². The van der Waals surface area contributed by atoms with E-state index in [1.54, 1.807) is 0 Å². The summed E-state index contributed by atoms with van der Waals surface area (Å²) in [6, 6.07) is 2.68. The van der Waals surface area contributed by atoms with Gasteiger partial charge in [0.15, 0.2) is 0 Å². The molecule has 2 rings (SSSR count). The predicted molar refractivity (Wildman–Crippen MR) is 86.5 cm³/mol. The van der Waals surface area contributed by atoms with Crippen LogP contribution in [0, 0.1) is 41.5 Å². The summed E-state index contributed by atoms with van der Waals surface area (Å²) in [4.78, 5) is 0. The monoisotopic (exact) mass is 465 g/mol. The molecule has 0 bridgehead atoms. The third-order valence-electron chi connectivity index (χ3n) is 4.43. The van der Waals surface area contributed by atoms with Gasteiger partial charge in [-0.2, -0.15) is 5.10 Å². The first-order valence-electron chi connectivity index (χ1n) is 7.39. The summed E-state index contributed by atoms with van der Waals surface area (Å²) in [5.41, 5.74) is 10.6. The molecule has 0 aliphatic heterocycles. The van der Waals surface area contributed by atoms with Crippen molar-refractivity contribution >= 4 is 0 Å². The number of rotatable bonds is 2. The normalized spacial score (nSPS) is 10.9. The Kier molecular flexibility index (Phi) is 5.61. The van der Waals surface area contributed by atoms with Crippen molar-refractivity contribution in [2.45, 2.75) is 61.4 Å². The van der Waals surface area contributed by atoms with Crippen molar-refractivity contribution in [3.05, 3.63) is 39.7 Å². The molecule has 0 saturated heterocycles. The summed E-state index contributed by atoms with van der Waals surface area (Å²) >= 11 is 0. The Morgan fingerprint density at radius 2 is 1.33 bits per heavy atom. The van der Waals surface area contributed by atoms with E-state index in [2.05, 4.69) is 66.1 Å². The Morgan fingerprint density at radius 3 is 1.71 bits per heavy atom. The molecular weight excluding hydrogens is 439 g/mol. The number of hydrogen-bond donors (Lipinski definition) is 0. The Hall–Kier alpha value is -0.882. The number of aromatic nitrogens is 2. The topological polar surface area (TPSA) is 17.8 Å². The van der Waals surface area contributed by atoms with E-state index in [-0.39, 0.29) is 21.1 Å². The smallest absolute Gasteiger partial charge is 0.0675 e. The summed E-state index contributed by atoms with van der Waals surface area (Å²) in [7, 11) is 0. The molecule has 3 heteroatoms. The minimum absolute atomic E-state index is 0. The van der Waals surface area contributed by atoms with E-state index in [0.717, 1.165) is 5.69 Å². The second-order valence-electron chi connectivity index (χ2n) is 6.22. The Balaban J connectivity index is 0.00000220. The molecule has 0 radical (unpaired) electrons. The molecule has 0 aliphatic carbocycles. The standard InChI is InChI=1S/C18H26N2.Pt/c1-10(2)20-16(8)18(15(7)19-20)17-13(5)11(3)9-12(4)14(17)6;/h9-10H,1-8H3;. The van der Waals surface area contributed by atoms with Crippen LogP contribution in [-0.4, -0.2) is 9.78 Å². The first kappa shape index (κ1) is 18.2. The van der Waals surface area contributed by atoms with Gasteiger partial charge in [0.25, 0.3) is 0 Å². The molecule has 118 valence electrons. The zero-order chi connectivity index (χ0) is 15.2. The van der Waals surface area contributed by atoms with Crippen molar-refractivity contribution in [3.8, 4) is 11.1 Å². The Bertz CT molecular complexity index is 640. The van der Waals surface area contributed by atoms with E-state index in [0.29, 0.717) is 6.04 Å². The van der Waals surface area contributed by atoms with Gasteiger partial charge in [-0.1, -0.05) is 6.07 Å². The summed E-state index contributed by atoms with van der Waals surface area (Å²) in [6.45, 7) is 17.5. The Labute approximate surface area is 143 Å². The van der Waals surface area contributed by atoms with E-state index in [9.17, 15) is 0 Å². The van der Waals surface area contributed by atoms with Gasteiger partial charge in [-0.15, -0.1) is 0 Å². The minimum Gasteiger partial charge on any atom is -0.266 e. The molecule has 2 nitrogen and oxygen atoms in total. The molecule has 0 saturated carbocycles. The van der Waals surface area contributed by atoms with Crippen molar-refractivity contribution in [1.29, 1.82) is 0 Å². The van der Waals surface area contributed by atoms with E-state index in [4.69, 9.17) is 5.10 Å². The molecule has 1 heterocycles. The van der Waals surface area contributed by atoms with Gasteiger partial charge in [0.2, 0.25) is 0 Å². The maximum atomic E-state index is 4.74. The van der Waals surface area contributed by atoms with Crippen LogP contribution in [-0.2, 0) is 21.1 Å². The van der Waals surface area contributed by atoms with Crippen LogP contribution in [0.4, 0.5) is 0 Å². The quantitative estimate of drug-likeness (QED) is 0.612. The van der Waals surface area contributed by atoms with Gasteiger partial charge >= 0.3 is 0 Å². The molecule has 0 spiro atoms. The molecule has 21 heavy (non-hydrogen) atoms. The van der Waals surface area contributed by atoms with Gasteiger partial charge < -0.3 is 0 Å². The van der Waals surface area contributed by atoms with Crippen molar-refractivity contribution < 1.29 is 21.1 Å². The van der Waals surface area contributed by atoms with Gasteiger partial charge in [-0.05, 0) is 83.2 Å². The van der Waals surface area contributed by atoms with Crippen LogP contribution in [0.3, 0.4) is 0 Å². The minimum atomic E-state index is 0. The summed E-state index contributed by atoms with van der Waals surface area (Å²) < 4.78 is 2.14. The fraction of sp³-hybridized carbons (Fsp3) is 0.500. The van der Waals surface area contributed by atoms with Crippen LogP contribution >= 0.6 is 0 Å². The van der Waals surface area contributed by atoms with Crippen molar-refractivity contribution in [2.24, 2.45) is 0 Å². The van der Waals surface area contributed by atoms with Crippen LogP contribution in [0.25, 0.3) is 11.1 Å². The van der Waals surface area contributed by atoms with Crippen LogP contribution in [0.1, 0.15) is 53.5 Å². The van der Waals surface area contributed by atoms with Gasteiger partial charge in [-0.25, -0.2) is 0 Å². The molecule has 1 aromatic carbocycles. The number of hydrogen-bond acceptors (Lipinski definition) is 1. The molecule has 0 N–H and O–H groups in total. The molecule has 0 unspecified atom stereocenters. The summed E-state index contributed by atoms with van der Waals surface area (Å²) in [6.07, 6.45) is 0. The maximum Gasteiger partial charge on any atom is 0.0675 e. The first-order valence-corrected chi connectivity index (χ1v) is 7.39. The van der Waals surface area contributed by atoms with Crippen LogP contribution in [0.2, 0.25) is 0 Å². The fourth-order valence-corrected chi connectivity index (χ4v) is 3.12. The van der Waals surface area contributed by atoms with E-state index in [1.165, 1.54) is 39.1 Å². The second kappa shape index (κ2) is 6.48. The predicted octanol–water partition coefficient (Wildman–Crippen LogP) is 4.98. The number of benzene rings is 1. The Morgan fingerprint density at radius 1 is 0.857 bits per heavy atom. The van der Waals surface area contributed by atoms with Crippen molar-refractivity contribution in [1.82, 2.24) is 9.78 Å². The average molecular weight is 465 g/mol. The second-order valence-corrected chi connectivity index (χ2v) is 6.22. The molecule has 0 aliphatic rings. The van der Waals surface area contributed by atoms with Crippen LogP contribution in [0.5, 0.6) is 0 Å². The summed E-state index contributed by atoms with van der Waals surface area (Å²) in [5.74, 6) is 0. The zero-order valence-corrected chi connectivity index (χ0v) is 16.6. The third kappa shape index (κ3) is 3.01. The van der Waals surface area contributed by atoms with E-state index < -0.39 is 0 Å². The third-order valence-corrected chi connectivity index (χ3v) is 4.43. The number of nitrogens with zero attached hydrogens (tertiary/aromatic N) is 2. The van der Waals surface area contributed by atoms with Crippen molar-refractivity contribution in [3.63, 3.8) is 0 Å². The maximum absolute atomic E-state index is 4.74. The molecule has 0 atom stereocenters. The van der Waals surface area contributed by atoms with Crippen LogP contribution in [0.15, 0.2) is 6.07 Å². The molecular formula is C18H26N2Pt. The van der Waals surface area contributed by atoms with Gasteiger partial charge in [0.05, 0.1) is 5.69 Å². The zero-order valence-electron chi connectivity index (χ0n) is 14.4. The SMILES string of the molecule is Cc1cc(C)c(C)c(-c2c(C)nn(C(C)C)c2C)c1C.[Pt]. The van der Waals surface area contributed by atoms with Gasteiger partial charge in [0.1, 0.15) is 0 Å². The van der Waals surface area contributed by atoms with E-state index >= 15 is 0 Å². The average Bonchev–Trinajstić information content (AvgIpc) is 2.65. The molecule has 1 aromatic heterocycles. The summed E-state index contributed by atoms with van der Waals surface area (Å²) in [5, 5.41) is 4.74.